The van der Waals surface area contributed by atoms with Gasteiger partial charge in [0.2, 0.25) is 0 Å². The lowest BCUT2D eigenvalue weighted by atomic mass is 9.92. The van der Waals surface area contributed by atoms with Gasteiger partial charge < -0.3 is 8.83 Å². The van der Waals surface area contributed by atoms with Crippen LogP contribution in [-0.4, -0.2) is 15.0 Å². The lowest BCUT2D eigenvalue weighted by Gasteiger charge is -2.12. The van der Waals surface area contributed by atoms with Gasteiger partial charge in [0.1, 0.15) is 22.3 Å². The molecule has 0 spiro atoms. The first-order valence-corrected chi connectivity index (χ1v) is 18.7. The summed E-state index contributed by atoms with van der Waals surface area (Å²) in [4.78, 5) is 14.4. The highest BCUT2D eigenvalue weighted by atomic mass is 16.3. The van der Waals surface area contributed by atoms with E-state index in [1.807, 2.05) is 73.1 Å². The van der Waals surface area contributed by atoms with Gasteiger partial charge in [0, 0.05) is 56.2 Å². The molecular weight excluding hydrogens is 687 g/mol. The molecule has 11 aromatic rings. The van der Waals surface area contributed by atoms with Crippen LogP contribution in [0.1, 0.15) is 0 Å². The number of nitrogens with zero attached hydrogens (tertiary/aromatic N) is 3. The Bertz CT molecular complexity index is 3220. The lowest BCUT2D eigenvalue weighted by Crippen LogP contribution is -1.96. The van der Waals surface area contributed by atoms with Crippen molar-refractivity contribution >= 4 is 43.9 Å². The third kappa shape index (κ3) is 5.37. The van der Waals surface area contributed by atoms with Crippen LogP contribution in [0.4, 0.5) is 0 Å². The molecule has 0 radical (unpaired) electrons. The molecule has 262 valence electrons. The monoisotopic (exact) mass is 717 g/mol. The lowest BCUT2D eigenvalue weighted by molar-refractivity contribution is 0.668. The summed E-state index contributed by atoms with van der Waals surface area (Å²) >= 11 is 0. The molecule has 0 atom stereocenters. The van der Waals surface area contributed by atoms with E-state index in [4.69, 9.17) is 18.8 Å². The highest BCUT2D eigenvalue weighted by Gasteiger charge is 2.21. The van der Waals surface area contributed by atoms with E-state index in [9.17, 15) is 0 Å². The van der Waals surface area contributed by atoms with Crippen molar-refractivity contribution < 1.29 is 8.83 Å². The number of furan rings is 2. The number of aromatic nitrogens is 3. The molecule has 0 bridgehead atoms. The molecule has 0 aliphatic rings. The predicted octanol–water partition coefficient (Wildman–Crippen LogP) is 13.7. The van der Waals surface area contributed by atoms with E-state index >= 15 is 0 Å². The van der Waals surface area contributed by atoms with E-state index in [1.165, 1.54) is 0 Å². The number of rotatable bonds is 6. The van der Waals surface area contributed by atoms with Gasteiger partial charge in [-0.3, -0.25) is 4.98 Å². The maximum absolute atomic E-state index is 6.72. The molecule has 0 unspecified atom stereocenters. The average Bonchev–Trinajstić information content (AvgIpc) is 3.86. The van der Waals surface area contributed by atoms with Crippen molar-refractivity contribution in [1.29, 1.82) is 0 Å². The molecule has 0 fully saturated rings. The van der Waals surface area contributed by atoms with Crippen LogP contribution in [-0.2, 0) is 0 Å². The van der Waals surface area contributed by atoms with Gasteiger partial charge in [0.15, 0.2) is 5.82 Å². The number of para-hydroxylation sites is 2. The SMILES string of the molecule is c1ccc(-c2cc(-c3ccc(-c4ccncc4)cc3)nc(-c3ccc(-c4ccc(-c5cccc6oc7ccccc7c56)c5oc6ccccc6c45)cc3)n2)cc1. The first-order valence-electron chi connectivity index (χ1n) is 18.7. The van der Waals surface area contributed by atoms with Crippen molar-refractivity contribution in [2.75, 3.05) is 0 Å². The molecule has 0 saturated heterocycles. The second-order valence-electron chi connectivity index (χ2n) is 14.0. The van der Waals surface area contributed by atoms with E-state index in [1.54, 1.807) is 0 Å². The van der Waals surface area contributed by atoms with Crippen molar-refractivity contribution in [2.24, 2.45) is 0 Å². The van der Waals surface area contributed by atoms with Crippen LogP contribution in [0.3, 0.4) is 0 Å². The third-order valence-corrected chi connectivity index (χ3v) is 10.7. The zero-order chi connectivity index (χ0) is 37.0. The summed E-state index contributed by atoms with van der Waals surface area (Å²) in [6, 6.07) is 60.6. The number of hydrogen-bond donors (Lipinski definition) is 0. The number of pyridine rings is 1. The van der Waals surface area contributed by atoms with Crippen molar-refractivity contribution in [1.82, 2.24) is 15.0 Å². The van der Waals surface area contributed by atoms with Gasteiger partial charge in [-0.2, -0.15) is 0 Å². The highest BCUT2D eigenvalue weighted by molar-refractivity contribution is 6.20. The van der Waals surface area contributed by atoms with Gasteiger partial charge in [-0.05, 0) is 70.3 Å². The van der Waals surface area contributed by atoms with Crippen molar-refractivity contribution in [2.45, 2.75) is 0 Å². The summed E-state index contributed by atoms with van der Waals surface area (Å²) in [6.45, 7) is 0. The van der Waals surface area contributed by atoms with Gasteiger partial charge in [0.25, 0.3) is 0 Å². The average molecular weight is 718 g/mol. The highest BCUT2D eigenvalue weighted by Crippen LogP contribution is 2.45. The van der Waals surface area contributed by atoms with Gasteiger partial charge in [-0.1, -0.05) is 133 Å². The molecule has 0 saturated carbocycles. The summed E-state index contributed by atoms with van der Waals surface area (Å²) in [6.07, 6.45) is 3.63. The number of hydrogen-bond acceptors (Lipinski definition) is 5. The van der Waals surface area contributed by atoms with Crippen molar-refractivity contribution in [3.8, 4) is 67.3 Å². The maximum atomic E-state index is 6.72. The van der Waals surface area contributed by atoms with Crippen LogP contribution < -0.4 is 0 Å². The zero-order valence-corrected chi connectivity index (χ0v) is 30.1. The van der Waals surface area contributed by atoms with Gasteiger partial charge in [0.05, 0.1) is 11.4 Å². The third-order valence-electron chi connectivity index (χ3n) is 10.7. The second kappa shape index (κ2) is 13.0. The normalized spacial score (nSPS) is 11.6. The van der Waals surface area contributed by atoms with Gasteiger partial charge >= 0.3 is 0 Å². The molecule has 0 aliphatic heterocycles. The van der Waals surface area contributed by atoms with E-state index in [0.717, 1.165) is 105 Å². The molecule has 4 aromatic heterocycles. The molecule has 4 heterocycles. The Labute approximate surface area is 322 Å². The maximum Gasteiger partial charge on any atom is 0.160 e. The van der Waals surface area contributed by atoms with Crippen LogP contribution in [0.25, 0.3) is 111 Å². The Morgan fingerprint density at radius 2 is 0.893 bits per heavy atom. The van der Waals surface area contributed by atoms with Crippen LogP contribution >= 0.6 is 0 Å². The minimum absolute atomic E-state index is 0.667. The summed E-state index contributed by atoms with van der Waals surface area (Å²) in [5, 5.41) is 4.33. The fourth-order valence-electron chi connectivity index (χ4n) is 7.94. The summed E-state index contributed by atoms with van der Waals surface area (Å²) < 4.78 is 13.0. The van der Waals surface area contributed by atoms with E-state index in [2.05, 4.69) is 120 Å². The first kappa shape index (κ1) is 31.9. The smallest absolute Gasteiger partial charge is 0.160 e. The first-order chi connectivity index (χ1) is 27.7. The molecule has 5 nitrogen and oxygen atoms in total. The van der Waals surface area contributed by atoms with E-state index in [0.29, 0.717) is 5.82 Å². The molecule has 11 rings (SSSR count). The van der Waals surface area contributed by atoms with E-state index in [-0.39, 0.29) is 0 Å². The largest absolute Gasteiger partial charge is 0.456 e. The Kier molecular flexibility index (Phi) is 7.42. The topological polar surface area (TPSA) is 65.0 Å². The fourth-order valence-corrected chi connectivity index (χ4v) is 7.94. The van der Waals surface area contributed by atoms with Gasteiger partial charge in [-0.15, -0.1) is 0 Å². The molecule has 56 heavy (non-hydrogen) atoms. The predicted molar refractivity (Wildman–Crippen MR) is 227 cm³/mol. The summed E-state index contributed by atoms with van der Waals surface area (Å²) in [5.41, 5.74) is 14.7. The number of benzene rings is 7. The molecule has 0 amide bonds. The standard InChI is InChI=1S/C51H31N3O2/c1-2-9-35(10-3-1)43-31-44(36-21-17-32(18-22-36)33-27-29-52-30-28-33)54-51(53-43)37-23-19-34(20-24-37)38-25-26-40(50-49(38)42-12-5-7-15-46(42)56-50)39-13-8-16-47-48(39)41-11-4-6-14-45(41)55-47/h1-31H. The van der Waals surface area contributed by atoms with Crippen LogP contribution in [0, 0.1) is 0 Å². The summed E-state index contributed by atoms with van der Waals surface area (Å²) in [7, 11) is 0. The van der Waals surface area contributed by atoms with Crippen molar-refractivity contribution in [3.05, 3.63) is 188 Å². The van der Waals surface area contributed by atoms with Crippen LogP contribution in [0.5, 0.6) is 0 Å². The Morgan fingerprint density at radius 3 is 1.64 bits per heavy atom. The Balaban J connectivity index is 1.03. The molecule has 7 aromatic carbocycles. The zero-order valence-electron chi connectivity index (χ0n) is 30.1. The summed E-state index contributed by atoms with van der Waals surface area (Å²) in [5.74, 6) is 0.667. The minimum Gasteiger partial charge on any atom is -0.456 e. The molecular formula is C51H31N3O2. The van der Waals surface area contributed by atoms with Crippen LogP contribution in [0.15, 0.2) is 197 Å². The van der Waals surface area contributed by atoms with Crippen LogP contribution in [0.2, 0.25) is 0 Å². The quantitative estimate of drug-likeness (QED) is 0.171. The molecule has 0 aliphatic carbocycles. The Morgan fingerprint density at radius 1 is 0.339 bits per heavy atom. The molecule has 5 heteroatoms. The minimum atomic E-state index is 0.667. The van der Waals surface area contributed by atoms with Crippen molar-refractivity contribution in [3.63, 3.8) is 0 Å². The second-order valence-corrected chi connectivity index (χ2v) is 14.0. The fraction of sp³-hybridized carbons (Fsp3) is 0. The van der Waals surface area contributed by atoms with E-state index < -0.39 is 0 Å². The van der Waals surface area contributed by atoms with Gasteiger partial charge in [-0.25, -0.2) is 9.97 Å². The Hall–Kier alpha value is -7.63. The number of fused-ring (bicyclic) bond motifs is 6. The molecule has 0 N–H and O–H groups in total.